The number of ether oxygens (including phenoxy) is 1. The zero-order chi connectivity index (χ0) is 17.4. The van der Waals surface area contributed by atoms with Crippen molar-refractivity contribution >= 4 is 17.5 Å². The molecule has 0 saturated carbocycles. The Morgan fingerprint density at radius 2 is 1.62 bits per heavy atom. The highest BCUT2D eigenvalue weighted by atomic mass is 16.5. The lowest BCUT2D eigenvalue weighted by atomic mass is 10.3. The molecule has 6 heteroatoms. The number of hydrogen-bond donors (Lipinski definition) is 2. The van der Waals surface area contributed by atoms with Gasteiger partial charge in [0.25, 0.3) is 0 Å². The highest BCUT2D eigenvalue weighted by Crippen LogP contribution is 2.23. The number of para-hydroxylation sites is 1. The Hall–Kier alpha value is -2.86. The maximum absolute atomic E-state index is 12.0. The van der Waals surface area contributed by atoms with Crippen LogP contribution >= 0.6 is 0 Å². The Bertz CT molecular complexity index is 689. The van der Waals surface area contributed by atoms with Crippen molar-refractivity contribution in [3.63, 3.8) is 0 Å². The lowest BCUT2D eigenvalue weighted by Gasteiger charge is -2.15. The molecule has 0 unspecified atom stereocenters. The Labute approximate surface area is 141 Å². The van der Waals surface area contributed by atoms with Crippen molar-refractivity contribution in [2.24, 2.45) is 0 Å². The van der Waals surface area contributed by atoms with Crippen LogP contribution in [0.2, 0.25) is 0 Å². The van der Waals surface area contributed by atoms with E-state index in [0.29, 0.717) is 11.4 Å². The number of nitrogens with one attached hydrogen (secondary N) is 2. The molecular formula is C18H21N3O3. The SMILES string of the molecule is CNC(=O)CN(C)CC(=O)Nc1cccc(Oc2ccccc2)c1. The van der Waals surface area contributed by atoms with Crippen LogP contribution in [0.15, 0.2) is 54.6 Å². The molecule has 0 fully saturated rings. The molecule has 0 saturated heterocycles. The molecule has 0 radical (unpaired) electrons. The minimum absolute atomic E-state index is 0.122. The predicted molar refractivity (Wildman–Crippen MR) is 93.2 cm³/mol. The van der Waals surface area contributed by atoms with Gasteiger partial charge in [-0.05, 0) is 31.3 Å². The van der Waals surface area contributed by atoms with Crippen LogP contribution in [0.25, 0.3) is 0 Å². The highest BCUT2D eigenvalue weighted by molar-refractivity contribution is 5.92. The summed E-state index contributed by atoms with van der Waals surface area (Å²) in [6.45, 7) is 0.290. The summed E-state index contributed by atoms with van der Waals surface area (Å²) < 4.78 is 5.73. The maximum atomic E-state index is 12.0. The van der Waals surface area contributed by atoms with Crippen LogP contribution in [-0.4, -0.2) is 43.9 Å². The van der Waals surface area contributed by atoms with Crippen LogP contribution in [0, 0.1) is 0 Å². The van der Waals surface area contributed by atoms with Crippen LogP contribution in [0.3, 0.4) is 0 Å². The summed E-state index contributed by atoms with van der Waals surface area (Å²) in [5, 5.41) is 5.32. The number of carbonyl (C=O) groups excluding carboxylic acids is 2. The molecule has 0 bridgehead atoms. The van der Waals surface area contributed by atoms with Gasteiger partial charge in [0.15, 0.2) is 0 Å². The average molecular weight is 327 g/mol. The first-order valence-corrected chi connectivity index (χ1v) is 7.59. The Morgan fingerprint density at radius 3 is 2.33 bits per heavy atom. The molecule has 2 amide bonds. The molecule has 2 aromatic rings. The van der Waals surface area contributed by atoms with Gasteiger partial charge in [-0.3, -0.25) is 14.5 Å². The Kier molecular flexibility index (Phi) is 6.33. The number of amides is 2. The lowest BCUT2D eigenvalue weighted by molar-refractivity contribution is -0.122. The van der Waals surface area contributed by atoms with Crippen LogP contribution in [0.4, 0.5) is 5.69 Å². The summed E-state index contributed by atoms with van der Waals surface area (Å²) in [6.07, 6.45) is 0. The number of benzene rings is 2. The van der Waals surface area contributed by atoms with Gasteiger partial charge in [-0.2, -0.15) is 0 Å². The first-order valence-electron chi connectivity index (χ1n) is 7.59. The fraction of sp³-hybridized carbons (Fsp3) is 0.222. The molecule has 0 aliphatic carbocycles. The van der Waals surface area contributed by atoms with Gasteiger partial charge < -0.3 is 15.4 Å². The third-order valence-electron chi connectivity index (χ3n) is 3.20. The van der Waals surface area contributed by atoms with Gasteiger partial charge in [-0.15, -0.1) is 0 Å². The van der Waals surface area contributed by atoms with E-state index in [1.807, 2.05) is 42.5 Å². The molecule has 0 atom stereocenters. The van der Waals surface area contributed by atoms with Crippen LogP contribution in [0.5, 0.6) is 11.5 Å². The Balaban J connectivity index is 1.91. The minimum atomic E-state index is -0.196. The van der Waals surface area contributed by atoms with Crippen molar-refractivity contribution in [3.05, 3.63) is 54.6 Å². The second-order valence-corrected chi connectivity index (χ2v) is 5.34. The molecule has 0 spiro atoms. The molecule has 0 aliphatic rings. The number of carbonyl (C=O) groups is 2. The van der Waals surface area contributed by atoms with Gasteiger partial charge >= 0.3 is 0 Å². The van der Waals surface area contributed by atoms with E-state index in [9.17, 15) is 9.59 Å². The van der Waals surface area contributed by atoms with E-state index in [-0.39, 0.29) is 24.9 Å². The molecule has 0 heterocycles. The van der Waals surface area contributed by atoms with Gasteiger partial charge in [-0.25, -0.2) is 0 Å². The molecule has 0 aliphatic heterocycles. The monoisotopic (exact) mass is 327 g/mol. The van der Waals surface area contributed by atoms with E-state index >= 15 is 0 Å². The molecule has 126 valence electrons. The number of anilines is 1. The second-order valence-electron chi connectivity index (χ2n) is 5.34. The second kappa shape index (κ2) is 8.69. The first kappa shape index (κ1) is 17.5. The number of likely N-dealkylation sites (N-methyl/N-ethyl adjacent to an activating group) is 2. The molecule has 0 aromatic heterocycles. The van der Waals surface area contributed by atoms with Crippen LogP contribution in [0.1, 0.15) is 0 Å². The highest BCUT2D eigenvalue weighted by Gasteiger charge is 2.10. The summed E-state index contributed by atoms with van der Waals surface area (Å²) in [6, 6.07) is 16.6. The van der Waals surface area contributed by atoms with Gasteiger partial charge in [0.05, 0.1) is 13.1 Å². The molecule has 2 N–H and O–H groups in total. The number of rotatable bonds is 7. The Morgan fingerprint density at radius 1 is 0.958 bits per heavy atom. The molecule has 6 nitrogen and oxygen atoms in total. The van der Waals surface area contributed by atoms with E-state index < -0.39 is 0 Å². The first-order chi connectivity index (χ1) is 11.6. The minimum Gasteiger partial charge on any atom is -0.457 e. The quantitative estimate of drug-likeness (QED) is 0.817. The van der Waals surface area contributed by atoms with Gasteiger partial charge in [0.1, 0.15) is 11.5 Å². The van der Waals surface area contributed by atoms with Crippen molar-refractivity contribution < 1.29 is 14.3 Å². The summed E-state index contributed by atoms with van der Waals surface area (Å²) in [5.74, 6) is 1.03. The van der Waals surface area contributed by atoms with E-state index in [2.05, 4.69) is 10.6 Å². The van der Waals surface area contributed by atoms with Crippen molar-refractivity contribution in [1.82, 2.24) is 10.2 Å². The normalized spacial score (nSPS) is 10.3. The molecule has 2 aromatic carbocycles. The summed E-state index contributed by atoms with van der Waals surface area (Å²) in [5.41, 5.74) is 0.641. The van der Waals surface area contributed by atoms with E-state index in [4.69, 9.17) is 4.74 Å². The van der Waals surface area contributed by atoms with E-state index in [1.165, 1.54) is 0 Å². The molecule has 24 heavy (non-hydrogen) atoms. The van der Waals surface area contributed by atoms with Crippen molar-refractivity contribution in [2.45, 2.75) is 0 Å². The smallest absolute Gasteiger partial charge is 0.238 e. The standard InChI is InChI=1S/C18H21N3O3/c1-19-17(22)12-21(2)13-18(23)20-14-7-6-10-16(11-14)24-15-8-4-3-5-9-15/h3-11H,12-13H2,1-2H3,(H,19,22)(H,20,23). The van der Waals surface area contributed by atoms with E-state index in [1.54, 1.807) is 31.1 Å². The van der Waals surface area contributed by atoms with Crippen molar-refractivity contribution in [3.8, 4) is 11.5 Å². The third-order valence-corrected chi connectivity index (χ3v) is 3.20. The lowest BCUT2D eigenvalue weighted by Crippen LogP contribution is -2.37. The van der Waals surface area contributed by atoms with Gasteiger partial charge in [0, 0.05) is 18.8 Å². The molecular weight excluding hydrogens is 306 g/mol. The van der Waals surface area contributed by atoms with Crippen molar-refractivity contribution in [1.29, 1.82) is 0 Å². The largest absolute Gasteiger partial charge is 0.457 e. The number of nitrogens with zero attached hydrogens (tertiary/aromatic N) is 1. The van der Waals surface area contributed by atoms with Gasteiger partial charge in [0.2, 0.25) is 11.8 Å². The number of hydrogen-bond acceptors (Lipinski definition) is 4. The zero-order valence-corrected chi connectivity index (χ0v) is 13.8. The predicted octanol–water partition coefficient (Wildman–Crippen LogP) is 2.10. The molecule has 2 rings (SSSR count). The summed E-state index contributed by atoms with van der Waals surface area (Å²) >= 11 is 0. The average Bonchev–Trinajstić information content (AvgIpc) is 2.55. The fourth-order valence-corrected chi connectivity index (χ4v) is 2.09. The fourth-order valence-electron chi connectivity index (χ4n) is 2.09. The van der Waals surface area contributed by atoms with Crippen molar-refractivity contribution in [2.75, 3.05) is 32.5 Å². The third kappa shape index (κ3) is 5.73. The van der Waals surface area contributed by atoms with Crippen LogP contribution < -0.4 is 15.4 Å². The summed E-state index contributed by atoms with van der Waals surface area (Å²) in [7, 11) is 3.28. The maximum Gasteiger partial charge on any atom is 0.238 e. The zero-order valence-electron chi connectivity index (χ0n) is 13.8. The van der Waals surface area contributed by atoms with Gasteiger partial charge in [-0.1, -0.05) is 24.3 Å². The topological polar surface area (TPSA) is 70.7 Å². The summed E-state index contributed by atoms with van der Waals surface area (Å²) in [4.78, 5) is 25.0. The van der Waals surface area contributed by atoms with E-state index in [0.717, 1.165) is 5.75 Å². The van der Waals surface area contributed by atoms with Crippen LogP contribution in [-0.2, 0) is 9.59 Å².